The number of ether oxygens (including phenoxy) is 2. The van der Waals surface area contributed by atoms with Crippen LogP contribution in [0.15, 0.2) is 0 Å². The number of rotatable bonds is 5. The van der Waals surface area contributed by atoms with Crippen LogP contribution >= 0.6 is 0 Å². The smallest absolute Gasteiger partial charge is 0.159 e. The normalized spacial score (nSPS) is 24.8. The molecule has 18 heavy (non-hydrogen) atoms. The average Bonchev–Trinajstić information content (AvgIpc) is 2.43. The van der Waals surface area contributed by atoms with Crippen LogP contribution in [0.3, 0.4) is 0 Å². The second kappa shape index (κ2) is 7.43. The number of likely N-dealkylation sites (tertiary alicyclic amines) is 1. The molecular weight excluding hydrogens is 228 g/mol. The molecule has 2 saturated heterocycles. The summed E-state index contributed by atoms with van der Waals surface area (Å²) in [7, 11) is 3.49. The molecule has 2 heterocycles. The molecular formula is C14H28N2O2. The lowest BCUT2D eigenvalue weighted by atomic mass is 9.93. The second-order valence-corrected chi connectivity index (χ2v) is 5.67. The number of hydrogen-bond donors (Lipinski definition) is 1. The van der Waals surface area contributed by atoms with Crippen molar-refractivity contribution in [3.63, 3.8) is 0 Å². The van der Waals surface area contributed by atoms with Gasteiger partial charge in [-0.05, 0) is 57.8 Å². The Kier molecular flexibility index (Phi) is 5.89. The molecule has 4 nitrogen and oxygen atoms in total. The highest BCUT2D eigenvalue weighted by Crippen LogP contribution is 2.24. The van der Waals surface area contributed by atoms with Crippen molar-refractivity contribution >= 4 is 0 Å². The Morgan fingerprint density at radius 1 is 1.06 bits per heavy atom. The van der Waals surface area contributed by atoms with Gasteiger partial charge in [-0.25, -0.2) is 0 Å². The van der Waals surface area contributed by atoms with Crippen LogP contribution in [0, 0.1) is 11.8 Å². The van der Waals surface area contributed by atoms with Crippen LogP contribution in [0.5, 0.6) is 0 Å². The highest BCUT2D eigenvalue weighted by Gasteiger charge is 2.27. The van der Waals surface area contributed by atoms with E-state index in [1.54, 1.807) is 14.2 Å². The largest absolute Gasteiger partial charge is 0.356 e. The second-order valence-electron chi connectivity index (χ2n) is 5.67. The standard InChI is InChI=1S/C14H28N2O2/c1-17-14(18-2)13-5-9-16(10-6-13)11-12-3-7-15-8-4-12/h12-15H,3-11H2,1-2H3. The first-order valence-corrected chi connectivity index (χ1v) is 7.32. The summed E-state index contributed by atoms with van der Waals surface area (Å²) in [6.45, 7) is 6.11. The van der Waals surface area contributed by atoms with Gasteiger partial charge >= 0.3 is 0 Å². The highest BCUT2D eigenvalue weighted by molar-refractivity contribution is 4.78. The van der Waals surface area contributed by atoms with Crippen molar-refractivity contribution in [2.75, 3.05) is 46.9 Å². The topological polar surface area (TPSA) is 33.7 Å². The maximum atomic E-state index is 5.38. The van der Waals surface area contributed by atoms with Crippen molar-refractivity contribution in [3.05, 3.63) is 0 Å². The summed E-state index contributed by atoms with van der Waals surface area (Å²) >= 11 is 0. The molecule has 1 N–H and O–H groups in total. The van der Waals surface area contributed by atoms with Crippen molar-refractivity contribution in [2.24, 2.45) is 11.8 Å². The quantitative estimate of drug-likeness (QED) is 0.752. The van der Waals surface area contributed by atoms with Gasteiger partial charge in [-0.1, -0.05) is 0 Å². The van der Waals surface area contributed by atoms with Crippen LogP contribution < -0.4 is 5.32 Å². The van der Waals surface area contributed by atoms with Crippen LogP contribution in [0.1, 0.15) is 25.7 Å². The molecule has 2 rings (SSSR count). The predicted octanol–water partition coefficient (Wildman–Crippen LogP) is 1.32. The minimum atomic E-state index is -0.00831. The van der Waals surface area contributed by atoms with Gasteiger partial charge in [0, 0.05) is 26.7 Å². The molecule has 2 fully saturated rings. The Bertz CT molecular complexity index is 220. The zero-order valence-electron chi connectivity index (χ0n) is 11.9. The van der Waals surface area contributed by atoms with Crippen LogP contribution in [-0.4, -0.2) is 58.1 Å². The number of methoxy groups -OCH3 is 2. The van der Waals surface area contributed by atoms with E-state index in [-0.39, 0.29) is 6.29 Å². The van der Waals surface area contributed by atoms with E-state index < -0.39 is 0 Å². The van der Waals surface area contributed by atoms with E-state index in [9.17, 15) is 0 Å². The maximum Gasteiger partial charge on any atom is 0.159 e. The first-order chi connectivity index (χ1) is 8.83. The minimum Gasteiger partial charge on any atom is -0.356 e. The van der Waals surface area contributed by atoms with E-state index in [0.29, 0.717) is 5.92 Å². The van der Waals surface area contributed by atoms with E-state index >= 15 is 0 Å². The lowest BCUT2D eigenvalue weighted by Crippen LogP contribution is -2.42. The van der Waals surface area contributed by atoms with Crippen LogP contribution in [0.25, 0.3) is 0 Å². The summed E-state index contributed by atoms with van der Waals surface area (Å²) in [5.74, 6) is 1.48. The molecule has 2 aliphatic heterocycles. The average molecular weight is 256 g/mol. The Hall–Kier alpha value is -0.160. The molecule has 0 aliphatic carbocycles. The molecule has 0 aromatic carbocycles. The molecule has 0 radical (unpaired) electrons. The molecule has 0 saturated carbocycles. The van der Waals surface area contributed by atoms with Gasteiger partial charge in [0.2, 0.25) is 0 Å². The SMILES string of the molecule is COC(OC)C1CCN(CC2CCNCC2)CC1. The monoisotopic (exact) mass is 256 g/mol. The predicted molar refractivity (Wildman–Crippen MR) is 72.6 cm³/mol. The third kappa shape index (κ3) is 3.92. The van der Waals surface area contributed by atoms with E-state index in [1.165, 1.54) is 58.4 Å². The van der Waals surface area contributed by atoms with Gasteiger partial charge in [0.1, 0.15) is 0 Å². The number of hydrogen-bond acceptors (Lipinski definition) is 4. The van der Waals surface area contributed by atoms with Crippen molar-refractivity contribution in [1.82, 2.24) is 10.2 Å². The van der Waals surface area contributed by atoms with Gasteiger partial charge in [-0.15, -0.1) is 0 Å². The first-order valence-electron chi connectivity index (χ1n) is 7.32. The summed E-state index contributed by atoms with van der Waals surface area (Å²) in [5, 5.41) is 3.44. The minimum absolute atomic E-state index is 0.00831. The van der Waals surface area contributed by atoms with Gasteiger partial charge in [-0.2, -0.15) is 0 Å². The van der Waals surface area contributed by atoms with E-state index in [1.807, 2.05) is 0 Å². The van der Waals surface area contributed by atoms with Crippen LogP contribution in [0.2, 0.25) is 0 Å². The summed E-state index contributed by atoms with van der Waals surface area (Å²) in [6.07, 6.45) is 5.09. The molecule has 4 heteroatoms. The lowest BCUT2D eigenvalue weighted by Gasteiger charge is -2.37. The van der Waals surface area contributed by atoms with Gasteiger partial charge in [0.25, 0.3) is 0 Å². The van der Waals surface area contributed by atoms with Gasteiger partial charge in [0.05, 0.1) is 0 Å². The molecule has 0 atom stereocenters. The number of nitrogens with one attached hydrogen (secondary N) is 1. The maximum absolute atomic E-state index is 5.38. The van der Waals surface area contributed by atoms with Crippen molar-refractivity contribution in [1.29, 1.82) is 0 Å². The molecule has 0 bridgehead atoms. The summed E-state index contributed by atoms with van der Waals surface area (Å²) < 4.78 is 10.8. The zero-order chi connectivity index (χ0) is 12.8. The van der Waals surface area contributed by atoms with Crippen molar-refractivity contribution in [3.8, 4) is 0 Å². The summed E-state index contributed by atoms with van der Waals surface area (Å²) in [4.78, 5) is 2.63. The third-order valence-electron chi connectivity index (χ3n) is 4.46. The fourth-order valence-corrected chi connectivity index (χ4v) is 3.32. The Balaban J connectivity index is 1.69. The van der Waals surface area contributed by atoms with E-state index in [4.69, 9.17) is 9.47 Å². The third-order valence-corrected chi connectivity index (χ3v) is 4.46. The Morgan fingerprint density at radius 2 is 1.67 bits per heavy atom. The van der Waals surface area contributed by atoms with Gasteiger partial charge < -0.3 is 19.7 Å². The first kappa shape index (κ1) is 14.3. The van der Waals surface area contributed by atoms with Crippen LogP contribution in [0.4, 0.5) is 0 Å². The molecule has 0 spiro atoms. The van der Waals surface area contributed by atoms with E-state index in [2.05, 4.69) is 10.2 Å². The Labute approximate surface area is 111 Å². The molecule has 2 aliphatic rings. The van der Waals surface area contributed by atoms with Gasteiger partial charge in [-0.3, -0.25) is 0 Å². The number of nitrogens with zero attached hydrogens (tertiary/aromatic N) is 1. The highest BCUT2D eigenvalue weighted by atomic mass is 16.7. The van der Waals surface area contributed by atoms with Crippen LogP contribution in [-0.2, 0) is 9.47 Å². The van der Waals surface area contributed by atoms with Gasteiger partial charge in [0.15, 0.2) is 6.29 Å². The van der Waals surface area contributed by atoms with Crippen molar-refractivity contribution in [2.45, 2.75) is 32.0 Å². The molecule has 0 unspecified atom stereocenters. The zero-order valence-corrected chi connectivity index (χ0v) is 11.9. The fraction of sp³-hybridized carbons (Fsp3) is 1.00. The molecule has 0 aromatic heterocycles. The molecule has 0 amide bonds. The molecule has 0 aromatic rings. The summed E-state index contributed by atoms with van der Waals surface area (Å²) in [5.41, 5.74) is 0. The van der Waals surface area contributed by atoms with Crippen molar-refractivity contribution < 1.29 is 9.47 Å². The molecule has 106 valence electrons. The lowest BCUT2D eigenvalue weighted by molar-refractivity contribution is -0.147. The fourth-order valence-electron chi connectivity index (χ4n) is 3.32. The Morgan fingerprint density at radius 3 is 2.22 bits per heavy atom. The van der Waals surface area contributed by atoms with E-state index in [0.717, 1.165) is 5.92 Å². The summed E-state index contributed by atoms with van der Waals surface area (Å²) in [6, 6.07) is 0. The number of piperidine rings is 2.